The summed E-state index contributed by atoms with van der Waals surface area (Å²) in [6, 6.07) is 14.9. The number of benzene rings is 2. The van der Waals surface area contributed by atoms with Gasteiger partial charge < -0.3 is 10.3 Å². The number of hydrogen-bond acceptors (Lipinski definition) is 6. The van der Waals surface area contributed by atoms with Gasteiger partial charge in [0.1, 0.15) is 5.82 Å². The second-order valence-electron chi connectivity index (χ2n) is 7.51. The lowest BCUT2D eigenvalue weighted by atomic mass is 10.2. The minimum absolute atomic E-state index is 0.124. The van der Waals surface area contributed by atoms with E-state index in [0.717, 1.165) is 10.6 Å². The van der Waals surface area contributed by atoms with Crippen LogP contribution >= 0.6 is 11.9 Å². The molecule has 0 aliphatic carbocycles. The molecule has 3 rings (SSSR count). The number of aromatic amines is 1. The van der Waals surface area contributed by atoms with E-state index >= 15 is 0 Å². The number of carbonyl (C=O) groups excluding carboxylic acids is 1. The van der Waals surface area contributed by atoms with Gasteiger partial charge in [0, 0.05) is 16.6 Å². The minimum atomic E-state index is -0.404. The molecule has 1 unspecified atom stereocenters. The highest BCUT2D eigenvalue weighted by atomic mass is 32.2. The first-order chi connectivity index (χ1) is 14.3. The molecule has 30 heavy (non-hydrogen) atoms. The Morgan fingerprint density at radius 2 is 1.83 bits per heavy atom. The molecule has 1 heterocycles. The van der Waals surface area contributed by atoms with Crippen molar-refractivity contribution in [2.75, 3.05) is 12.4 Å². The summed E-state index contributed by atoms with van der Waals surface area (Å²) in [4.78, 5) is 35.1. The molecule has 0 bridgehead atoms. The maximum atomic E-state index is 12.7. The zero-order valence-corrected chi connectivity index (χ0v) is 18.4. The monoisotopic (exact) mass is 425 g/mol. The first kappa shape index (κ1) is 22.0. The smallest absolute Gasteiger partial charge is 0.258 e. The number of nitrogens with one attached hydrogen (secondary N) is 3. The zero-order chi connectivity index (χ0) is 21.7. The highest BCUT2D eigenvalue weighted by Crippen LogP contribution is 2.19. The number of rotatable bonds is 8. The lowest BCUT2D eigenvalue weighted by molar-refractivity contribution is -0.120. The molecule has 0 spiro atoms. The molecular weight excluding hydrogens is 398 g/mol. The topological polar surface area (TPSA) is 90.1 Å². The third kappa shape index (κ3) is 5.69. The van der Waals surface area contributed by atoms with Crippen LogP contribution in [0.2, 0.25) is 0 Å². The molecule has 0 saturated heterocycles. The predicted octanol–water partition coefficient (Wildman–Crippen LogP) is 3.39. The SMILES string of the molecule is CC(C)NSc1ccc(NC(=O)C(C)N(C)Cc2nc3ccccc3c(=O)[nH]2)cc1. The molecule has 3 aromatic rings. The largest absolute Gasteiger partial charge is 0.325 e. The molecule has 0 radical (unpaired) electrons. The third-order valence-electron chi connectivity index (χ3n) is 4.64. The summed E-state index contributed by atoms with van der Waals surface area (Å²) >= 11 is 1.56. The van der Waals surface area contributed by atoms with Gasteiger partial charge in [0.05, 0.1) is 23.5 Å². The van der Waals surface area contributed by atoms with Gasteiger partial charge in [-0.3, -0.25) is 19.2 Å². The molecular formula is C22H27N5O2S. The second-order valence-corrected chi connectivity index (χ2v) is 8.42. The highest BCUT2D eigenvalue weighted by molar-refractivity contribution is 7.97. The molecule has 7 nitrogen and oxygen atoms in total. The van der Waals surface area contributed by atoms with Crippen LogP contribution < -0.4 is 15.6 Å². The van der Waals surface area contributed by atoms with E-state index < -0.39 is 6.04 Å². The van der Waals surface area contributed by atoms with E-state index in [-0.39, 0.29) is 11.5 Å². The molecule has 1 aromatic heterocycles. The summed E-state index contributed by atoms with van der Waals surface area (Å²) < 4.78 is 3.28. The lowest BCUT2D eigenvalue weighted by Gasteiger charge is -2.23. The van der Waals surface area contributed by atoms with Crippen LogP contribution in [0.15, 0.2) is 58.2 Å². The number of para-hydroxylation sites is 1. The quantitative estimate of drug-likeness (QED) is 0.480. The van der Waals surface area contributed by atoms with Crippen LogP contribution in [0.4, 0.5) is 5.69 Å². The van der Waals surface area contributed by atoms with Gasteiger partial charge in [-0.15, -0.1) is 0 Å². The number of aromatic nitrogens is 2. The molecule has 3 N–H and O–H groups in total. The first-order valence-electron chi connectivity index (χ1n) is 9.85. The first-order valence-corrected chi connectivity index (χ1v) is 10.7. The summed E-state index contributed by atoms with van der Waals surface area (Å²) in [5.74, 6) is 0.404. The zero-order valence-electron chi connectivity index (χ0n) is 17.6. The summed E-state index contributed by atoms with van der Waals surface area (Å²) in [5, 5.41) is 3.49. The number of likely N-dealkylation sites (N-methyl/N-ethyl adjacent to an activating group) is 1. The fraction of sp³-hybridized carbons (Fsp3) is 0.318. The Balaban J connectivity index is 1.61. The van der Waals surface area contributed by atoms with Crippen molar-refractivity contribution < 1.29 is 4.79 Å². The Hall–Kier alpha value is -2.68. The van der Waals surface area contributed by atoms with Crippen LogP contribution in [0.5, 0.6) is 0 Å². The molecule has 2 aromatic carbocycles. The molecule has 158 valence electrons. The van der Waals surface area contributed by atoms with E-state index in [1.54, 1.807) is 18.0 Å². The van der Waals surface area contributed by atoms with Gasteiger partial charge >= 0.3 is 0 Å². The number of fused-ring (bicyclic) bond motifs is 1. The van der Waals surface area contributed by atoms with E-state index in [4.69, 9.17) is 0 Å². The van der Waals surface area contributed by atoms with Crippen molar-refractivity contribution in [3.05, 3.63) is 64.7 Å². The molecule has 0 fully saturated rings. The van der Waals surface area contributed by atoms with Gasteiger partial charge in [0.15, 0.2) is 0 Å². The van der Waals surface area contributed by atoms with E-state index in [1.807, 2.05) is 61.3 Å². The molecule has 0 aliphatic rings. The van der Waals surface area contributed by atoms with Crippen molar-refractivity contribution >= 4 is 34.4 Å². The van der Waals surface area contributed by atoms with Crippen LogP contribution in [0, 0.1) is 0 Å². The van der Waals surface area contributed by atoms with Gasteiger partial charge in [-0.2, -0.15) is 0 Å². The average molecular weight is 426 g/mol. The normalized spacial score (nSPS) is 12.5. The number of hydrogen-bond donors (Lipinski definition) is 3. The van der Waals surface area contributed by atoms with Crippen molar-refractivity contribution in [2.24, 2.45) is 0 Å². The fourth-order valence-electron chi connectivity index (χ4n) is 2.82. The Bertz CT molecular complexity index is 1070. The summed E-state index contributed by atoms with van der Waals surface area (Å²) in [7, 11) is 1.83. The van der Waals surface area contributed by atoms with Crippen molar-refractivity contribution in [1.82, 2.24) is 19.6 Å². The molecule has 0 aliphatic heterocycles. The highest BCUT2D eigenvalue weighted by Gasteiger charge is 2.19. The predicted molar refractivity (Wildman–Crippen MR) is 122 cm³/mol. The Kier molecular flexibility index (Phi) is 7.25. The number of carbonyl (C=O) groups is 1. The molecule has 8 heteroatoms. The maximum Gasteiger partial charge on any atom is 0.258 e. The lowest BCUT2D eigenvalue weighted by Crippen LogP contribution is -2.39. The number of nitrogens with zero attached hydrogens (tertiary/aromatic N) is 2. The standard InChI is InChI=1S/C22H27N5O2S/c1-14(2)26-30-17-11-9-16(10-12-17)23-21(28)15(3)27(4)13-20-24-19-8-6-5-7-18(19)22(29)25-20/h5-12,14-15,26H,13H2,1-4H3,(H,23,28)(H,24,25,29). The number of H-pyrrole nitrogens is 1. The van der Waals surface area contributed by atoms with E-state index in [1.165, 1.54) is 0 Å². The summed E-state index contributed by atoms with van der Waals surface area (Å²) in [6.45, 7) is 6.35. The fourth-order valence-corrected chi connectivity index (χ4v) is 3.47. The van der Waals surface area contributed by atoms with Crippen molar-refractivity contribution in [3.8, 4) is 0 Å². The molecule has 1 atom stereocenters. The van der Waals surface area contributed by atoms with Crippen molar-refractivity contribution in [3.63, 3.8) is 0 Å². The van der Waals surface area contributed by atoms with Gasteiger partial charge in [-0.1, -0.05) is 12.1 Å². The van der Waals surface area contributed by atoms with Crippen molar-refractivity contribution in [1.29, 1.82) is 0 Å². The number of anilines is 1. The summed E-state index contributed by atoms with van der Waals surface area (Å²) in [5.41, 5.74) is 1.21. The van der Waals surface area contributed by atoms with E-state index in [0.29, 0.717) is 29.3 Å². The van der Waals surface area contributed by atoms with Gasteiger partial charge in [0.25, 0.3) is 5.56 Å². The van der Waals surface area contributed by atoms with Crippen LogP contribution in [-0.4, -0.2) is 39.9 Å². The van der Waals surface area contributed by atoms with Gasteiger partial charge in [-0.05, 0) is 76.2 Å². The number of amides is 1. The van der Waals surface area contributed by atoms with Crippen LogP contribution in [-0.2, 0) is 11.3 Å². The van der Waals surface area contributed by atoms with E-state index in [2.05, 4.69) is 33.9 Å². The Morgan fingerprint density at radius 1 is 1.13 bits per heavy atom. The molecule has 0 saturated carbocycles. The van der Waals surface area contributed by atoms with Gasteiger partial charge in [-0.25, -0.2) is 4.98 Å². The Labute approximate surface area is 180 Å². The average Bonchev–Trinajstić information content (AvgIpc) is 2.72. The van der Waals surface area contributed by atoms with Crippen LogP contribution in [0.1, 0.15) is 26.6 Å². The van der Waals surface area contributed by atoms with Crippen LogP contribution in [0.25, 0.3) is 10.9 Å². The minimum Gasteiger partial charge on any atom is -0.325 e. The second kappa shape index (κ2) is 9.88. The van der Waals surface area contributed by atoms with Crippen LogP contribution in [0.3, 0.4) is 0 Å². The summed E-state index contributed by atoms with van der Waals surface area (Å²) in [6.07, 6.45) is 0. The van der Waals surface area contributed by atoms with Crippen molar-refractivity contribution in [2.45, 2.75) is 44.3 Å². The molecule has 1 amide bonds. The maximum absolute atomic E-state index is 12.7. The van der Waals surface area contributed by atoms with E-state index in [9.17, 15) is 9.59 Å². The Morgan fingerprint density at radius 3 is 2.53 bits per heavy atom. The third-order valence-corrected chi connectivity index (χ3v) is 5.73. The van der Waals surface area contributed by atoms with Gasteiger partial charge in [0.2, 0.25) is 5.91 Å².